The van der Waals surface area contributed by atoms with Crippen LogP contribution in [0.15, 0.2) is 57.3 Å². The third-order valence-corrected chi connectivity index (χ3v) is 10.4. The summed E-state index contributed by atoms with van der Waals surface area (Å²) in [6.45, 7) is 5.91. The number of allylic oxidation sites excluding steroid dienone is 2. The molecule has 3 aliphatic heterocycles. The molecule has 3 saturated heterocycles. The number of rotatable bonds is 11. The number of benzene rings is 2. The quantitative estimate of drug-likeness (QED) is 0.107. The molecular formula is C39H50O18. The van der Waals surface area contributed by atoms with Crippen LogP contribution in [0.4, 0.5) is 0 Å². The molecule has 9 N–H and O–H groups in total. The van der Waals surface area contributed by atoms with Gasteiger partial charge < -0.3 is 83.5 Å². The predicted molar refractivity (Wildman–Crippen MR) is 196 cm³/mol. The van der Waals surface area contributed by atoms with E-state index in [0.717, 1.165) is 5.57 Å². The first-order valence-electron chi connectivity index (χ1n) is 18.5. The van der Waals surface area contributed by atoms with Gasteiger partial charge in [0, 0.05) is 11.1 Å². The molecule has 4 heterocycles. The highest BCUT2D eigenvalue weighted by Crippen LogP contribution is 2.39. The van der Waals surface area contributed by atoms with Crippen molar-refractivity contribution in [3.63, 3.8) is 0 Å². The second-order valence-corrected chi connectivity index (χ2v) is 14.6. The van der Waals surface area contributed by atoms with E-state index in [9.17, 15) is 50.8 Å². The van der Waals surface area contributed by atoms with Crippen molar-refractivity contribution in [2.75, 3.05) is 13.7 Å². The Morgan fingerprint density at radius 2 is 1.33 bits per heavy atom. The highest BCUT2D eigenvalue weighted by Gasteiger charge is 2.51. The molecule has 57 heavy (non-hydrogen) atoms. The molecule has 314 valence electrons. The van der Waals surface area contributed by atoms with E-state index in [1.807, 2.05) is 19.9 Å². The number of ether oxygens (including phenoxy) is 7. The Balaban J connectivity index is 1.47. The van der Waals surface area contributed by atoms with Crippen LogP contribution in [0.25, 0.3) is 22.3 Å². The average molecular weight is 807 g/mol. The van der Waals surface area contributed by atoms with Gasteiger partial charge in [-0.15, -0.1) is 0 Å². The molecule has 6 rings (SSSR count). The maximum atomic E-state index is 14.7. The van der Waals surface area contributed by atoms with Crippen LogP contribution >= 0.6 is 0 Å². The van der Waals surface area contributed by atoms with E-state index in [-0.39, 0.29) is 28.9 Å². The van der Waals surface area contributed by atoms with Gasteiger partial charge in [0.05, 0.1) is 31.3 Å². The minimum absolute atomic E-state index is 0.0144. The van der Waals surface area contributed by atoms with Crippen LogP contribution in [0, 0.1) is 0 Å². The number of methoxy groups -OCH3 is 1. The Bertz CT molecular complexity index is 1930. The maximum Gasteiger partial charge on any atom is 0.235 e. The molecule has 0 aliphatic carbocycles. The van der Waals surface area contributed by atoms with Crippen molar-refractivity contribution in [1.29, 1.82) is 0 Å². The van der Waals surface area contributed by atoms with Gasteiger partial charge in [-0.1, -0.05) is 11.6 Å². The van der Waals surface area contributed by atoms with Gasteiger partial charge in [-0.3, -0.25) is 4.79 Å². The van der Waals surface area contributed by atoms with Crippen LogP contribution in [0.3, 0.4) is 0 Å². The summed E-state index contributed by atoms with van der Waals surface area (Å²) in [5.74, 6) is 0.0119. The second kappa shape index (κ2) is 17.6. The molecule has 0 unspecified atom stereocenters. The fraction of sp³-hybridized carbons (Fsp3) is 0.564. The molecule has 3 aromatic rings. The third kappa shape index (κ3) is 8.55. The molecule has 0 saturated carbocycles. The van der Waals surface area contributed by atoms with Gasteiger partial charge in [0.2, 0.25) is 23.8 Å². The number of aliphatic hydroxyl groups excluding tert-OH is 9. The first kappa shape index (κ1) is 42.9. The molecule has 18 nitrogen and oxygen atoms in total. The molecule has 18 heteroatoms. The summed E-state index contributed by atoms with van der Waals surface area (Å²) < 4.78 is 47.2. The fourth-order valence-corrected chi connectivity index (χ4v) is 6.86. The fourth-order valence-electron chi connectivity index (χ4n) is 6.86. The zero-order valence-electron chi connectivity index (χ0n) is 31.8. The summed E-state index contributed by atoms with van der Waals surface area (Å²) in [6.07, 6.45) is -21.1. The standard InChI is InChI=1S/C39H50O18/c1-15(2)6-11-20-22(53-38-32(49)29(46)27(44)23(14-40)54-38)13-12-21-26(43)35(33(55-34(20)21)18-7-9-19(50-5)10-8-18)56-39-36(30(47)25(42)17(4)52-39)57-37-31(48)28(45)24(41)16(3)51-37/h6-10,12-13,16-17,23-25,27-32,36-42,44-49H,11,14H2,1-5H3/t16-,17-,23+,24-,25-,27+,28+,29-,30+,31+,32+,36+,37-,38+,39-/m0/s1. The Labute approximate surface area is 326 Å². The molecule has 2 aromatic carbocycles. The molecule has 3 fully saturated rings. The van der Waals surface area contributed by atoms with Gasteiger partial charge in [0.15, 0.2) is 18.2 Å². The normalized spacial score (nSPS) is 35.8. The van der Waals surface area contributed by atoms with Crippen molar-refractivity contribution in [3.05, 3.63) is 63.8 Å². The molecule has 15 atom stereocenters. The van der Waals surface area contributed by atoms with Crippen LogP contribution in [0.1, 0.15) is 33.3 Å². The lowest BCUT2D eigenvalue weighted by atomic mass is 9.98. The van der Waals surface area contributed by atoms with E-state index in [1.165, 1.54) is 33.1 Å². The first-order chi connectivity index (χ1) is 27.1. The molecule has 0 spiro atoms. The van der Waals surface area contributed by atoms with Crippen LogP contribution in [-0.4, -0.2) is 152 Å². The predicted octanol–water partition coefficient (Wildman–Crippen LogP) is -0.786. The molecule has 0 amide bonds. The van der Waals surface area contributed by atoms with Crippen molar-refractivity contribution in [2.24, 2.45) is 0 Å². The first-order valence-corrected chi connectivity index (χ1v) is 18.5. The summed E-state index contributed by atoms with van der Waals surface area (Å²) in [5, 5.41) is 94.5. The van der Waals surface area contributed by atoms with Crippen LogP contribution < -0.4 is 19.6 Å². The molecule has 0 bridgehead atoms. The summed E-state index contributed by atoms with van der Waals surface area (Å²) >= 11 is 0. The number of aliphatic hydroxyl groups is 9. The Kier molecular flexibility index (Phi) is 13.3. The van der Waals surface area contributed by atoms with Crippen molar-refractivity contribution >= 4 is 11.0 Å². The Morgan fingerprint density at radius 1 is 0.719 bits per heavy atom. The van der Waals surface area contributed by atoms with Gasteiger partial charge >= 0.3 is 0 Å². The average Bonchev–Trinajstić information content (AvgIpc) is 3.19. The number of hydrogen-bond acceptors (Lipinski definition) is 18. The molecular weight excluding hydrogens is 756 g/mol. The maximum absolute atomic E-state index is 14.7. The summed E-state index contributed by atoms with van der Waals surface area (Å²) in [7, 11) is 1.47. The van der Waals surface area contributed by atoms with E-state index in [2.05, 4.69) is 0 Å². The monoisotopic (exact) mass is 806 g/mol. The van der Waals surface area contributed by atoms with Crippen LogP contribution in [0.2, 0.25) is 0 Å². The van der Waals surface area contributed by atoms with E-state index in [0.29, 0.717) is 16.9 Å². The smallest absolute Gasteiger partial charge is 0.235 e. The van der Waals surface area contributed by atoms with Crippen molar-refractivity contribution in [1.82, 2.24) is 0 Å². The lowest BCUT2D eigenvalue weighted by molar-refractivity contribution is -0.352. The van der Waals surface area contributed by atoms with Crippen LogP contribution in [0.5, 0.6) is 17.2 Å². The van der Waals surface area contributed by atoms with Gasteiger partial charge in [-0.2, -0.15) is 0 Å². The largest absolute Gasteiger partial charge is 0.497 e. The van der Waals surface area contributed by atoms with Gasteiger partial charge in [-0.25, -0.2) is 0 Å². The molecule has 0 radical (unpaired) electrons. The topological polar surface area (TPSA) is 277 Å². The number of fused-ring (bicyclic) bond motifs is 1. The van der Waals surface area contributed by atoms with Crippen molar-refractivity contribution in [2.45, 2.75) is 126 Å². The Hall–Kier alpha value is -3.73. The highest BCUT2D eigenvalue weighted by molar-refractivity contribution is 5.86. The molecule has 3 aliphatic rings. The van der Waals surface area contributed by atoms with Crippen molar-refractivity contribution in [3.8, 4) is 28.6 Å². The molecule has 1 aromatic heterocycles. The van der Waals surface area contributed by atoms with E-state index in [4.69, 9.17) is 37.6 Å². The SMILES string of the molecule is COc1ccc(-c2oc3c(CC=C(C)C)c(O[C@@H]4O[C@H](CO)[C@@H](O)[C@H](O)[C@H]4O)ccc3c(=O)c2O[C@@H]2O[C@@H](C)[C@H](O)[C@@H](O)[C@H]2O[C@@H]2O[C@@H](C)[C@H](O)[C@@H](O)[C@H]2O)cc1. The minimum atomic E-state index is -1.79. The minimum Gasteiger partial charge on any atom is -0.497 e. The number of hydrogen-bond donors (Lipinski definition) is 9. The van der Waals surface area contributed by atoms with Gasteiger partial charge in [0.1, 0.15) is 72.0 Å². The lowest BCUT2D eigenvalue weighted by Crippen LogP contribution is -2.63. The van der Waals surface area contributed by atoms with Gasteiger partial charge in [-0.05, 0) is 70.5 Å². The summed E-state index contributed by atoms with van der Waals surface area (Å²) in [5.41, 5.74) is 0.819. The van der Waals surface area contributed by atoms with Crippen molar-refractivity contribution < 1.29 is 83.5 Å². The zero-order valence-corrected chi connectivity index (χ0v) is 31.8. The van der Waals surface area contributed by atoms with Gasteiger partial charge in [0.25, 0.3) is 0 Å². The zero-order chi connectivity index (χ0) is 41.5. The second-order valence-electron chi connectivity index (χ2n) is 14.6. The lowest BCUT2D eigenvalue weighted by Gasteiger charge is -2.45. The van der Waals surface area contributed by atoms with E-state index < -0.39 is 110 Å². The van der Waals surface area contributed by atoms with Crippen LogP contribution in [-0.2, 0) is 25.4 Å². The van der Waals surface area contributed by atoms with E-state index in [1.54, 1.807) is 24.3 Å². The third-order valence-electron chi connectivity index (χ3n) is 10.4. The summed E-state index contributed by atoms with van der Waals surface area (Å²) in [4.78, 5) is 14.7. The Morgan fingerprint density at radius 3 is 1.96 bits per heavy atom. The summed E-state index contributed by atoms with van der Waals surface area (Å²) in [6, 6.07) is 9.20. The van der Waals surface area contributed by atoms with E-state index >= 15 is 0 Å². The highest BCUT2D eigenvalue weighted by atomic mass is 16.8.